The van der Waals surface area contributed by atoms with Gasteiger partial charge in [0, 0.05) is 6.54 Å². The van der Waals surface area contributed by atoms with Crippen LogP contribution in [0, 0.1) is 5.92 Å². The molecule has 0 aliphatic carbocycles. The average molecular weight is 457 g/mol. The van der Waals surface area contributed by atoms with E-state index in [-0.39, 0.29) is 5.92 Å². The van der Waals surface area contributed by atoms with Gasteiger partial charge in [-0.1, -0.05) is 32.4 Å². The molecule has 0 bridgehead atoms. The molecule has 8 heteroatoms. The number of carboxylic acid groups (broad SMARTS) is 1. The minimum Gasteiger partial charge on any atom is -0.497 e. The Morgan fingerprint density at radius 3 is 2.27 bits per heavy atom. The molecule has 1 aliphatic rings. The van der Waals surface area contributed by atoms with Gasteiger partial charge in [-0.15, -0.1) is 0 Å². The maximum atomic E-state index is 13.4. The molecule has 178 valence electrons. The summed E-state index contributed by atoms with van der Waals surface area (Å²) in [6.07, 6.45) is 1.25. The van der Waals surface area contributed by atoms with Crippen LogP contribution < -0.4 is 19.5 Å². The molecule has 0 saturated carbocycles. The normalized spacial score (nSPS) is 16.9. The van der Waals surface area contributed by atoms with E-state index >= 15 is 0 Å². The summed E-state index contributed by atoms with van der Waals surface area (Å²) in [6.45, 7) is 4.16. The number of benzene rings is 2. The van der Waals surface area contributed by atoms with Crippen molar-refractivity contribution in [2.45, 2.75) is 38.8 Å². The number of ether oxygens (including phenoxy) is 3. The molecule has 2 aromatic rings. The van der Waals surface area contributed by atoms with E-state index in [1.807, 2.05) is 50.2 Å². The molecule has 1 heterocycles. The molecule has 0 radical (unpaired) electrons. The number of aliphatic carboxylic acids is 1. The molecule has 0 fully saturated rings. The zero-order chi connectivity index (χ0) is 24.1. The van der Waals surface area contributed by atoms with Gasteiger partial charge in [0.15, 0.2) is 11.5 Å². The van der Waals surface area contributed by atoms with Crippen LogP contribution in [0.4, 0.5) is 4.79 Å². The standard InChI is InChI=1S/C25H32N2O6/c1-6-15(2)22(24(28)29)26-25(30)27-12-11-17-13-20(32-4)21(33-5)14-19(17)23(27)16-7-9-18(31-3)10-8-16/h7-10,13-15,22-23H,6,11-12H2,1-5H3,(H,26,30)(H,28,29)/t15?,22-,23?/m1/s1. The van der Waals surface area contributed by atoms with E-state index in [0.717, 1.165) is 16.7 Å². The lowest BCUT2D eigenvalue weighted by Crippen LogP contribution is -2.53. The molecular formula is C25H32N2O6. The summed E-state index contributed by atoms with van der Waals surface area (Å²) in [5.74, 6) is 0.668. The number of urea groups is 1. The number of rotatable bonds is 8. The Labute approximate surface area is 194 Å². The minimum absolute atomic E-state index is 0.202. The maximum absolute atomic E-state index is 13.4. The third kappa shape index (κ3) is 4.99. The van der Waals surface area contributed by atoms with E-state index in [4.69, 9.17) is 14.2 Å². The number of hydrogen-bond donors (Lipinski definition) is 2. The summed E-state index contributed by atoms with van der Waals surface area (Å²) < 4.78 is 16.3. The molecule has 2 aromatic carbocycles. The van der Waals surface area contributed by atoms with Crippen LogP contribution in [-0.4, -0.2) is 55.9 Å². The molecule has 33 heavy (non-hydrogen) atoms. The Balaban J connectivity index is 2.06. The first-order valence-electron chi connectivity index (χ1n) is 11.0. The fourth-order valence-electron chi connectivity index (χ4n) is 4.21. The molecule has 3 rings (SSSR count). The van der Waals surface area contributed by atoms with E-state index < -0.39 is 24.1 Å². The second-order valence-corrected chi connectivity index (χ2v) is 8.18. The molecule has 8 nitrogen and oxygen atoms in total. The third-order valence-electron chi connectivity index (χ3n) is 6.32. The quantitative estimate of drug-likeness (QED) is 0.626. The number of carbonyl (C=O) groups excluding carboxylic acids is 1. The number of fused-ring (bicyclic) bond motifs is 1. The zero-order valence-electron chi connectivity index (χ0n) is 19.8. The molecule has 3 atom stereocenters. The smallest absolute Gasteiger partial charge is 0.326 e. The van der Waals surface area contributed by atoms with Crippen molar-refractivity contribution in [1.82, 2.24) is 10.2 Å². The fourth-order valence-corrected chi connectivity index (χ4v) is 4.21. The van der Waals surface area contributed by atoms with Gasteiger partial charge in [-0.2, -0.15) is 0 Å². The number of carbonyl (C=O) groups is 2. The van der Waals surface area contributed by atoms with Crippen LogP contribution in [0.2, 0.25) is 0 Å². The number of methoxy groups -OCH3 is 3. The average Bonchev–Trinajstić information content (AvgIpc) is 2.84. The van der Waals surface area contributed by atoms with Crippen molar-refractivity contribution in [2.24, 2.45) is 5.92 Å². The summed E-state index contributed by atoms with van der Waals surface area (Å²) in [4.78, 5) is 26.9. The van der Waals surface area contributed by atoms with Gasteiger partial charge in [-0.25, -0.2) is 9.59 Å². The van der Waals surface area contributed by atoms with Gasteiger partial charge >= 0.3 is 12.0 Å². The topological polar surface area (TPSA) is 97.3 Å². The first kappa shape index (κ1) is 24.2. The first-order chi connectivity index (χ1) is 15.8. The summed E-state index contributed by atoms with van der Waals surface area (Å²) in [6, 6.07) is 9.56. The van der Waals surface area contributed by atoms with Gasteiger partial charge < -0.3 is 29.5 Å². The number of nitrogens with one attached hydrogen (secondary N) is 1. The van der Waals surface area contributed by atoms with Crippen LogP contribution in [0.1, 0.15) is 43.0 Å². The van der Waals surface area contributed by atoms with Gasteiger partial charge in [-0.05, 0) is 53.3 Å². The van der Waals surface area contributed by atoms with Crippen molar-refractivity contribution in [3.8, 4) is 17.2 Å². The lowest BCUT2D eigenvalue weighted by atomic mass is 9.87. The fraction of sp³-hybridized carbons (Fsp3) is 0.440. The van der Waals surface area contributed by atoms with Crippen LogP contribution in [0.15, 0.2) is 36.4 Å². The molecule has 0 spiro atoms. The van der Waals surface area contributed by atoms with Crippen molar-refractivity contribution >= 4 is 12.0 Å². The Morgan fingerprint density at radius 1 is 1.09 bits per heavy atom. The summed E-state index contributed by atoms with van der Waals surface area (Å²) in [7, 11) is 4.76. The van der Waals surface area contributed by atoms with E-state index in [1.165, 1.54) is 0 Å². The number of hydrogen-bond acceptors (Lipinski definition) is 5. The highest BCUT2D eigenvalue weighted by Crippen LogP contribution is 2.41. The van der Waals surface area contributed by atoms with E-state index in [2.05, 4.69) is 5.32 Å². The molecule has 0 aromatic heterocycles. The number of nitrogens with zero attached hydrogens (tertiary/aromatic N) is 1. The van der Waals surface area contributed by atoms with Crippen LogP contribution in [0.3, 0.4) is 0 Å². The number of carboxylic acids is 1. The first-order valence-corrected chi connectivity index (χ1v) is 11.0. The molecule has 2 unspecified atom stereocenters. The molecule has 0 saturated heterocycles. The Kier molecular flexibility index (Phi) is 7.68. The second-order valence-electron chi connectivity index (χ2n) is 8.18. The zero-order valence-corrected chi connectivity index (χ0v) is 19.8. The number of amides is 2. The largest absolute Gasteiger partial charge is 0.497 e. The van der Waals surface area contributed by atoms with Crippen molar-refractivity contribution in [1.29, 1.82) is 0 Å². The van der Waals surface area contributed by atoms with Gasteiger partial charge in [0.2, 0.25) is 0 Å². The minimum atomic E-state index is -1.04. The lowest BCUT2D eigenvalue weighted by molar-refractivity contribution is -0.140. The molecule has 2 N–H and O–H groups in total. The maximum Gasteiger partial charge on any atom is 0.326 e. The van der Waals surface area contributed by atoms with Crippen molar-refractivity contribution < 1.29 is 28.9 Å². The van der Waals surface area contributed by atoms with Gasteiger partial charge in [-0.3, -0.25) is 0 Å². The molecular weight excluding hydrogens is 424 g/mol. The Morgan fingerprint density at radius 2 is 1.73 bits per heavy atom. The van der Waals surface area contributed by atoms with Gasteiger partial charge in [0.25, 0.3) is 0 Å². The van der Waals surface area contributed by atoms with Crippen LogP contribution in [0.5, 0.6) is 17.2 Å². The predicted molar refractivity (Wildman–Crippen MR) is 124 cm³/mol. The highest BCUT2D eigenvalue weighted by Gasteiger charge is 2.36. The second kappa shape index (κ2) is 10.5. The van der Waals surface area contributed by atoms with Crippen molar-refractivity contribution in [2.75, 3.05) is 27.9 Å². The van der Waals surface area contributed by atoms with Crippen LogP contribution >= 0.6 is 0 Å². The highest BCUT2D eigenvalue weighted by atomic mass is 16.5. The third-order valence-corrected chi connectivity index (χ3v) is 6.32. The monoisotopic (exact) mass is 456 g/mol. The van der Waals surface area contributed by atoms with E-state index in [9.17, 15) is 14.7 Å². The van der Waals surface area contributed by atoms with Crippen LogP contribution in [-0.2, 0) is 11.2 Å². The highest BCUT2D eigenvalue weighted by molar-refractivity contribution is 5.83. The van der Waals surface area contributed by atoms with E-state index in [0.29, 0.717) is 36.6 Å². The lowest BCUT2D eigenvalue weighted by Gasteiger charge is -2.39. The van der Waals surface area contributed by atoms with Crippen LogP contribution in [0.25, 0.3) is 0 Å². The SMILES string of the molecule is CCC(C)[C@@H](NC(=O)N1CCc2cc(OC)c(OC)cc2C1c1ccc(OC)cc1)C(=O)O. The Hall–Kier alpha value is -3.42. The predicted octanol–water partition coefficient (Wildman–Crippen LogP) is 3.87. The Bertz CT molecular complexity index is 991. The summed E-state index contributed by atoms with van der Waals surface area (Å²) in [5, 5.41) is 12.4. The molecule has 2 amide bonds. The van der Waals surface area contributed by atoms with E-state index in [1.54, 1.807) is 26.2 Å². The van der Waals surface area contributed by atoms with Crippen molar-refractivity contribution in [3.05, 3.63) is 53.1 Å². The van der Waals surface area contributed by atoms with Gasteiger partial charge in [0.1, 0.15) is 11.8 Å². The summed E-state index contributed by atoms with van der Waals surface area (Å²) >= 11 is 0. The molecule has 1 aliphatic heterocycles. The van der Waals surface area contributed by atoms with Crippen molar-refractivity contribution in [3.63, 3.8) is 0 Å². The summed E-state index contributed by atoms with van der Waals surface area (Å²) in [5.41, 5.74) is 2.85. The van der Waals surface area contributed by atoms with Gasteiger partial charge in [0.05, 0.1) is 27.4 Å².